The van der Waals surface area contributed by atoms with Gasteiger partial charge in [0, 0.05) is 30.3 Å². The van der Waals surface area contributed by atoms with Crippen molar-refractivity contribution in [2.24, 2.45) is 0 Å². The van der Waals surface area contributed by atoms with Gasteiger partial charge in [-0.05, 0) is 38.3 Å². The zero-order valence-corrected chi connectivity index (χ0v) is 18.5. The van der Waals surface area contributed by atoms with E-state index in [-0.39, 0.29) is 5.91 Å². The second-order valence-electron chi connectivity index (χ2n) is 7.94. The summed E-state index contributed by atoms with van der Waals surface area (Å²) in [5, 5.41) is 3.98. The van der Waals surface area contributed by atoms with Crippen LogP contribution in [0.4, 0.5) is 5.69 Å². The number of imidazole rings is 1. The molecule has 0 bridgehead atoms. The van der Waals surface area contributed by atoms with Gasteiger partial charge in [0.05, 0.1) is 17.1 Å². The van der Waals surface area contributed by atoms with Crippen LogP contribution >= 0.6 is 11.3 Å². The lowest BCUT2D eigenvalue weighted by Gasteiger charge is -2.11. The molecule has 1 aliphatic rings. The van der Waals surface area contributed by atoms with Crippen molar-refractivity contribution in [3.63, 3.8) is 0 Å². The highest BCUT2D eigenvalue weighted by Gasteiger charge is 2.20. The van der Waals surface area contributed by atoms with E-state index >= 15 is 0 Å². The van der Waals surface area contributed by atoms with E-state index in [9.17, 15) is 4.79 Å². The molecule has 0 unspecified atom stereocenters. The Kier molecular flexibility index (Phi) is 5.16. The average molecular weight is 429 g/mol. The third-order valence-corrected chi connectivity index (χ3v) is 6.93. The van der Waals surface area contributed by atoms with Crippen molar-refractivity contribution in [2.45, 2.75) is 39.7 Å². The minimum Gasteiger partial charge on any atom is -0.334 e. The van der Waals surface area contributed by atoms with E-state index in [0.29, 0.717) is 4.88 Å². The second-order valence-corrected chi connectivity index (χ2v) is 8.94. The molecule has 0 atom stereocenters. The number of rotatable bonds is 4. The minimum atomic E-state index is -0.133. The molecule has 0 saturated heterocycles. The summed E-state index contributed by atoms with van der Waals surface area (Å²) in [7, 11) is 0. The summed E-state index contributed by atoms with van der Waals surface area (Å²) in [6.07, 6.45) is 5.49. The van der Waals surface area contributed by atoms with E-state index in [0.717, 1.165) is 57.6 Å². The van der Waals surface area contributed by atoms with Crippen molar-refractivity contribution < 1.29 is 4.79 Å². The molecule has 1 aliphatic heterocycles. The first-order chi connectivity index (χ1) is 15.1. The zero-order valence-electron chi connectivity index (χ0n) is 17.7. The Morgan fingerprint density at radius 3 is 2.58 bits per heavy atom. The number of thiazole rings is 1. The van der Waals surface area contributed by atoms with Crippen molar-refractivity contribution >= 4 is 22.9 Å². The maximum absolute atomic E-state index is 13.2. The highest BCUT2D eigenvalue weighted by Crippen LogP contribution is 2.32. The molecule has 6 heteroatoms. The van der Waals surface area contributed by atoms with Crippen LogP contribution in [0.15, 0.2) is 54.7 Å². The predicted octanol–water partition coefficient (Wildman–Crippen LogP) is 5.88. The van der Waals surface area contributed by atoms with Crippen LogP contribution in [0.1, 0.15) is 39.6 Å². The van der Waals surface area contributed by atoms with Gasteiger partial charge in [-0.15, -0.1) is 11.3 Å². The number of anilines is 1. The van der Waals surface area contributed by atoms with Gasteiger partial charge in [-0.2, -0.15) is 0 Å². The molecule has 2 aromatic heterocycles. The molecular formula is C25H24N4OS. The third kappa shape index (κ3) is 3.79. The summed E-state index contributed by atoms with van der Waals surface area (Å²) in [5.41, 5.74) is 5.59. The van der Waals surface area contributed by atoms with E-state index in [1.165, 1.54) is 24.2 Å². The topological polar surface area (TPSA) is 59.8 Å². The smallest absolute Gasteiger partial charge is 0.267 e. The lowest BCUT2D eigenvalue weighted by Crippen LogP contribution is -2.12. The molecule has 0 radical (unpaired) electrons. The Bertz CT molecular complexity index is 1250. The largest absolute Gasteiger partial charge is 0.334 e. The summed E-state index contributed by atoms with van der Waals surface area (Å²) in [6.45, 7) is 4.97. The normalized spacial score (nSPS) is 13.1. The summed E-state index contributed by atoms with van der Waals surface area (Å²) in [4.78, 5) is 23.3. The minimum absolute atomic E-state index is 0.133. The average Bonchev–Trinajstić information content (AvgIpc) is 3.38. The summed E-state index contributed by atoms with van der Waals surface area (Å²) >= 11 is 1.43. The number of carbonyl (C=O) groups is 1. The highest BCUT2D eigenvalue weighted by atomic mass is 32.1. The molecule has 5 nitrogen and oxygen atoms in total. The maximum atomic E-state index is 13.2. The molecule has 4 aromatic rings. The van der Waals surface area contributed by atoms with Gasteiger partial charge < -0.3 is 9.88 Å². The van der Waals surface area contributed by atoms with Crippen molar-refractivity contribution in [2.75, 3.05) is 5.32 Å². The Hall–Kier alpha value is -3.25. The molecule has 156 valence electrons. The van der Waals surface area contributed by atoms with E-state index in [1.54, 1.807) is 0 Å². The van der Waals surface area contributed by atoms with Gasteiger partial charge in [0.15, 0.2) is 0 Å². The fraction of sp³-hybridized carbons (Fsp3) is 0.240. The van der Waals surface area contributed by atoms with Gasteiger partial charge in [0.25, 0.3) is 5.91 Å². The summed E-state index contributed by atoms with van der Waals surface area (Å²) < 4.78 is 2.24. The first-order valence-corrected chi connectivity index (χ1v) is 11.4. The molecule has 5 rings (SSSR count). The Morgan fingerprint density at radius 2 is 1.77 bits per heavy atom. The predicted molar refractivity (Wildman–Crippen MR) is 126 cm³/mol. The standard InChI is InChI=1S/C25H24N4OS/c1-16-9-3-4-10-18(16)25-26-17(2)23(31-25)24(30)28-20-12-6-5-11-19(20)21-15-29-14-8-7-13-22(29)27-21/h3-6,9-12,15H,7-8,13-14H2,1-2H3,(H,28,30). The molecule has 31 heavy (non-hydrogen) atoms. The van der Waals surface area contributed by atoms with Crippen LogP contribution in [0, 0.1) is 13.8 Å². The summed E-state index contributed by atoms with van der Waals surface area (Å²) in [5.74, 6) is 0.995. The van der Waals surface area contributed by atoms with Gasteiger partial charge >= 0.3 is 0 Å². The Labute approximate surface area is 185 Å². The van der Waals surface area contributed by atoms with Crippen LogP contribution in [0.25, 0.3) is 21.8 Å². The Morgan fingerprint density at radius 1 is 1.00 bits per heavy atom. The van der Waals surface area contributed by atoms with Crippen molar-refractivity contribution in [3.05, 3.63) is 76.7 Å². The van der Waals surface area contributed by atoms with E-state index in [4.69, 9.17) is 4.98 Å². The lowest BCUT2D eigenvalue weighted by atomic mass is 10.1. The molecule has 1 N–H and O–H groups in total. The monoisotopic (exact) mass is 428 g/mol. The van der Waals surface area contributed by atoms with E-state index in [2.05, 4.69) is 34.1 Å². The fourth-order valence-corrected chi connectivity index (χ4v) is 5.12. The Balaban J connectivity index is 1.44. The van der Waals surface area contributed by atoms with Crippen molar-refractivity contribution in [1.82, 2.24) is 14.5 Å². The number of aryl methyl sites for hydroxylation is 4. The number of hydrogen-bond donors (Lipinski definition) is 1. The number of fused-ring (bicyclic) bond motifs is 1. The summed E-state index contributed by atoms with van der Waals surface area (Å²) in [6, 6.07) is 16.0. The van der Waals surface area contributed by atoms with Gasteiger partial charge in [0.1, 0.15) is 15.7 Å². The first kappa shape index (κ1) is 19.7. The van der Waals surface area contributed by atoms with Crippen LogP contribution in [0.5, 0.6) is 0 Å². The van der Waals surface area contributed by atoms with Crippen LogP contribution in [0.2, 0.25) is 0 Å². The van der Waals surface area contributed by atoms with Gasteiger partial charge in [-0.3, -0.25) is 4.79 Å². The first-order valence-electron chi connectivity index (χ1n) is 10.6. The molecule has 3 heterocycles. The number of hydrogen-bond acceptors (Lipinski definition) is 4. The van der Waals surface area contributed by atoms with E-state index < -0.39 is 0 Å². The second kappa shape index (κ2) is 8.12. The van der Waals surface area contributed by atoms with Crippen LogP contribution in [0.3, 0.4) is 0 Å². The van der Waals surface area contributed by atoms with Crippen molar-refractivity contribution in [3.8, 4) is 21.8 Å². The van der Waals surface area contributed by atoms with Gasteiger partial charge in [-0.25, -0.2) is 9.97 Å². The molecule has 0 aliphatic carbocycles. The lowest BCUT2D eigenvalue weighted by molar-refractivity contribution is 0.103. The number of nitrogens with one attached hydrogen (secondary N) is 1. The number of nitrogens with zero attached hydrogens (tertiary/aromatic N) is 3. The van der Waals surface area contributed by atoms with Crippen LogP contribution < -0.4 is 5.32 Å². The SMILES string of the molecule is Cc1ccccc1-c1nc(C)c(C(=O)Nc2ccccc2-c2cn3c(n2)CCCC3)s1. The molecular weight excluding hydrogens is 404 g/mol. The number of amides is 1. The quantitative estimate of drug-likeness (QED) is 0.442. The molecule has 0 spiro atoms. The fourth-order valence-electron chi connectivity index (χ4n) is 4.07. The maximum Gasteiger partial charge on any atom is 0.267 e. The molecule has 0 fully saturated rings. The number of carbonyl (C=O) groups excluding carboxylic acids is 1. The van der Waals surface area contributed by atoms with Gasteiger partial charge in [0.2, 0.25) is 0 Å². The van der Waals surface area contributed by atoms with Crippen molar-refractivity contribution in [1.29, 1.82) is 0 Å². The van der Waals surface area contributed by atoms with Gasteiger partial charge in [-0.1, -0.05) is 42.5 Å². The highest BCUT2D eigenvalue weighted by molar-refractivity contribution is 7.17. The van der Waals surface area contributed by atoms with Crippen LogP contribution in [-0.4, -0.2) is 20.4 Å². The van der Waals surface area contributed by atoms with Crippen LogP contribution in [-0.2, 0) is 13.0 Å². The molecule has 1 amide bonds. The molecule has 2 aromatic carbocycles. The van der Waals surface area contributed by atoms with E-state index in [1.807, 2.05) is 49.4 Å². The third-order valence-electron chi connectivity index (χ3n) is 5.74. The molecule has 0 saturated carbocycles. The number of aromatic nitrogens is 3. The number of benzene rings is 2. The zero-order chi connectivity index (χ0) is 21.4. The number of para-hydroxylation sites is 1.